The molecule has 11 heavy (non-hydrogen) atoms. The molecule has 0 aliphatic carbocycles. The maximum absolute atomic E-state index is 5.13. The molecule has 2 aromatic rings. The van der Waals surface area contributed by atoms with Crippen LogP contribution in [0, 0.1) is 4.84 Å². The molecule has 1 aromatic heterocycles. The number of aromatic nitrogens is 1. The van der Waals surface area contributed by atoms with E-state index in [-0.39, 0.29) is 27.3 Å². The van der Waals surface area contributed by atoms with Gasteiger partial charge in [-0.3, -0.25) is 0 Å². The van der Waals surface area contributed by atoms with E-state index < -0.39 is 0 Å². The van der Waals surface area contributed by atoms with Crippen molar-refractivity contribution in [3.8, 4) is 0 Å². The molecule has 0 unspecified atom stereocenters. The largest absolute Gasteiger partial charge is 0.429 e. The Balaban J connectivity index is 0.000000605. The van der Waals surface area contributed by atoms with Crippen LogP contribution < -0.4 is 0 Å². The van der Waals surface area contributed by atoms with E-state index in [0.29, 0.717) is 4.84 Å². The van der Waals surface area contributed by atoms with Gasteiger partial charge in [0.1, 0.15) is 0 Å². The van der Waals surface area contributed by atoms with Gasteiger partial charge in [-0.2, -0.15) is 0 Å². The second kappa shape index (κ2) is 3.49. The Morgan fingerprint density at radius 2 is 2.00 bits per heavy atom. The topological polar surface area (TPSA) is 28.9 Å². The fraction of sp³-hybridized carbons (Fsp3) is 0. The van der Waals surface area contributed by atoms with Crippen molar-refractivity contribution in [3.63, 3.8) is 0 Å². The zero-order valence-electron chi connectivity index (χ0n) is 5.63. The van der Waals surface area contributed by atoms with E-state index in [0.717, 1.165) is 11.1 Å². The van der Waals surface area contributed by atoms with Gasteiger partial charge in [-0.15, -0.1) is 0 Å². The molecule has 0 bridgehead atoms. The molecule has 4 radical (unpaired) electrons. The van der Waals surface area contributed by atoms with E-state index in [9.17, 15) is 0 Å². The van der Waals surface area contributed by atoms with Crippen LogP contribution in [-0.2, 0) is 0 Å². The van der Waals surface area contributed by atoms with Gasteiger partial charge in [0, 0.05) is 27.3 Å². The van der Waals surface area contributed by atoms with Gasteiger partial charge in [-0.25, -0.2) is 0 Å². The molecular formula is C7H5NOPbS. The number of hydrogen-bond acceptors (Lipinski definition) is 2. The summed E-state index contributed by atoms with van der Waals surface area (Å²) in [6, 6.07) is 7.65. The van der Waals surface area contributed by atoms with Crippen LogP contribution in [0.25, 0.3) is 11.1 Å². The van der Waals surface area contributed by atoms with Crippen molar-refractivity contribution in [1.82, 2.24) is 4.98 Å². The molecule has 0 saturated carbocycles. The van der Waals surface area contributed by atoms with Crippen molar-refractivity contribution in [2.24, 2.45) is 0 Å². The Labute approximate surface area is 88.8 Å². The molecule has 1 heterocycles. The first-order valence-electron chi connectivity index (χ1n) is 2.94. The summed E-state index contributed by atoms with van der Waals surface area (Å²) in [5.41, 5.74) is 1.76. The third-order valence-electron chi connectivity index (χ3n) is 1.33. The second-order valence-electron chi connectivity index (χ2n) is 2.01. The first-order chi connectivity index (χ1) is 4.86. The number of fused-ring (bicyclic) bond motifs is 1. The molecule has 54 valence electrons. The summed E-state index contributed by atoms with van der Waals surface area (Å²) in [6.07, 6.45) is 0. The number of oxazole rings is 1. The summed E-state index contributed by atoms with van der Waals surface area (Å²) in [6.45, 7) is 0. The molecule has 0 saturated heterocycles. The number of benzene rings is 1. The minimum Gasteiger partial charge on any atom is -0.429 e. The van der Waals surface area contributed by atoms with Crippen LogP contribution in [0.15, 0.2) is 28.7 Å². The fourth-order valence-electron chi connectivity index (χ4n) is 0.894. The Bertz CT molecular complexity index is 370. The summed E-state index contributed by atoms with van der Waals surface area (Å²) in [4.78, 5) is 3.34. The summed E-state index contributed by atoms with van der Waals surface area (Å²) in [7, 11) is 0. The van der Waals surface area contributed by atoms with Gasteiger partial charge < -0.3 is 9.40 Å². The van der Waals surface area contributed by atoms with Crippen LogP contribution in [0.2, 0.25) is 0 Å². The Kier molecular flexibility index (Phi) is 2.83. The molecular weight excluding hydrogens is 353 g/mol. The Morgan fingerprint density at radius 1 is 1.27 bits per heavy atom. The first kappa shape index (κ1) is 8.92. The number of aromatic amines is 1. The Hall–Kier alpha value is -0.168. The monoisotopic (exact) mass is 359 g/mol. The van der Waals surface area contributed by atoms with E-state index in [1.807, 2.05) is 24.3 Å². The standard InChI is InChI=1S/C7H5NOS.Pb/c10-7-8-5-3-1-2-4-6(5)9-7;/h1-4H,(H,8,10);. The molecule has 0 aliphatic rings. The van der Waals surface area contributed by atoms with E-state index in [1.165, 1.54) is 0 Å². The second-order valence-corrected chi connectivity index (χ2v) is 2.38. The van der Waals surface area contributed by atoms with E-state index in [2.05, 4.69) is 4.98 Å². The number of nitrogens with one attached hydrogen (secondary N) is 1. The molecule has 0 aliphatic heterocycles. The summed E-state index contributed by atoms with van der Waals surface area (Å²) in [5, 5.41) is 0. The maximum Gasteiger partial charge on any atom is 0.266 e. The average molecular weight is 358 g/mol. The van der Waals surface area contributed by atoms with Crippen molar-refractivity contribution < 1.29 is 4.42 Å². The van der Waals surface area contributed by atoms with Crippen LogP contribution in [0.5, 0.6) is 0 Å². The zero-order chi connectivity index (χ0) is 6.97. The third-order valence-corrected chi connectivity index (χ3v) is 1.51. The van der Waals surface area contributed by atoms with Crippen LogP contribution >= 0.6 is 12.2 Å². The molecule has 4 heteroatoms. The zero-order valence-corrected chi connectivity index (χ0v) is 10.3. The van der Waals surface area contributed by atoms with Crippen LogP contribution in [0.3, 0.4) is 0 Å². The van der Waals surface area contributed by atoms with E-state index in [4.69, 9.17) is 16.6 Å². The number of hydrogen-bond donors (Lipinski definition) is 1. The van der Waals surface area contributed by atoms with Crippen molar-refractivity contribution in [2.45, 2.75) is 0 Å². The SMILES string of the molecule is S=c1[nH]c2ccccc2o1.[Pb]. The van der Waals surface area contributed by atoms with Gasteiger partial charge >= 0.3 is 0 Å². The van der Waals surface area contributed by atoms with Gasteiger partial charge in [0.05, 0.1) is 5.52 Å². The number of para-hydroxylation sites is 2. The summed E-state index contributed by atoms with van der Waals surface area (Å²) >= 11 is 4.79. The average Bonchev–Trinajstić information content (AvgIpc) is 2.27. The van der Waals surface area contributed by atoms with Crippen LogP contribution in [0.4, 0.5) is 0 Å². The van der Waals surface area contributed by atoms with Crippen molar-refractivity contribution in [3.05, 3.63) is 29.1 Å². The minimum absolute atomic E-state index is 0. The predicted molar refractivity (Wildman–Crippen MR) is 47.2 cm³/mol. The third kappa shape index (κ3) is 1.70. The molecule has 1 aromatic carbocycles. The van der Waals surface area contributed by atoms with Crippen molar-refractivity contribution in [1.29, 1.82) is 0 Å². The molecule has 2 nitrogen and oxygen atoms in total. The van der Waals surface area contributed by atoms with Crippen molar-refractivity contribution in [2.75, 3.05) is 0 Å². The Morgan fingerprint density at radius 3 is 2.73 bits per heavy atom. The number of H-pyrrole nitrogens is 1. The van der Waals surface area contributed by atoms with E-state index >= 15 is 0 Å². The van der Waals surface area contributed by atoms with Gasteiger partial charge in [-0.05, 0) is 24.4 Å². The predicted octanol–water partition coefficient (Wildman–Crippen LogP) is 2.11. The molecule has 0 atom stereocenters. The first-order valence-corrected chi connectivity index (χ1v) is 3.35. The number of rotatable bonds is 0. The van der Waals surface area contributed by atoms with Crippen LogP contribution in [-0.4, -0.2) is 32.3 Å². The van der Waals surface area contributed by atoms with Gasteiger partial charge in [0.15, 0.2) is 5.58 Å². The maximum atomic E-state index is 5.13. The van der Waals surface area contributed by atoms with E-state index in [1.54, 1.807) is 0 Å². The quantitative estimate of drug-likeness (QED) is 0.577. The molecule has 0 fully saturated rings. The summed E-state index contributed by atoms with van der Waals surface area (Å²) < 4.78 is 5.13. The van der Waals surface area contributed by atoms with Crippen LogP contribution in [0.1, 0.15) is 0 Å². The van der Waals surface area contributed by atoms with Gasteiger partial charge in [0.2, 0.25) is 0 Å². The molecule has 2 rings (SSSR count). The van der Waals surface area contributed by atoms with Crippen molar-refractivity contribution >= 4 is 50.6 Å². The van der Waals surface area contributed by atoms with Gasteiger partial charge in [0.25, 0.3) is 4.84 Å². The molecule has 0 amide bonds. The molecule has 1 N–H and O–H groups in total. The summed E-state index contributed by atoms with van der Waals surface area (Å²) in [5.74, 6) is 0. The normalized spacial score (nSPS) is 9.45. The fourth-order valence-corrected chi connectivity index (χ4v) is 1.09. The minimum atomic E-state index is 0. The van der Waals surface area contributed by atoms with Gasteiger partial charge in [-0.1, -0.05) is 12.1 Å². The molecule has 0 spiro atoms. The smallest absolute Gasteiger partial charge is 0.266 e.